The molecule has 0 spiro atoms. The number of hydrogen-bond donors (Lipinski definition) is 1. The number of amides is 2. The topological polar surface area (TPSA) is 68.5 Å². The van der Waals surface area contributed by atoms with Crippen molar-refractivity contribution in [3.8, 4) is 5.88 Å². The Hall–Kier alpha value is -2.56. The molecule has 0 saturated heterocycles. The van der Waals surface area contributed by atoms with Gasteiger partial charge in [0.1, 0.15) is 0 Å². The van der Waals surface area contributed by atoms with Crippen molar-refractivity contribution in [2.24, 2.45) is 5.73 Å². The highest BCUT2D eigenvalue weighted by Gasteiger charge is 2.13. The average Bonchev–Trinajstić information content (AvgIpc) is 2.53. The maximum atomic E-state index is 11.7. The minimum atomic E-state index is -0.492. The molecule has 1 aromatic heterocycles. The van der Waals surface area contributed by atoms with Crippen LogP contribution in [0.5, 0.6) is 5.88 Å². The highest BCUT2D eigenvalue weighted by molar-refractivity contribution is 5.90. The molecule has 2 aromatic rings. The molecule has 2 N–H and O–H groups in total. The number of nitrogens with zero attached hydrogens (tertiary/aromatic N) is 2. The minimum absolute atomic E-state index is 0.368. The van der Waals surface area contributed by atoms with Crippen LogP contribution in [-0.4, -0.2) is 18.1 Å². The summed E-state index contributed by atoms with van der Waals surface area (Å²) in [6, 6.07) is 11.0. The van der Waals surface area contributed by atoms with Gasteiger partial charge in [-0.2, -0.15) is 0 Å². The summed E-state index contributed by atoms with van der Waals surface area (Å²) in [5, 5.41) is 0. The molecule has 5 heteroatoms. The summed E-state index contributed by atoms with van der Waals surface area (Å²) >= 11 is 0. The number of ether oxygens (including phenoxy) is 1. The van der Waals surface area contributed by atoms with Gasteiger partial charge in [-0.1, -0.05) is 32.0 Å². The molecule has 0 fully saturated rings. The summed E-state index contributed by atoms with van der Waals surface area (Å²) in [6.45, 7) is 4.63. The first-order chi connectivity index (χ1) is 10.5. The van der Waals surface area contributed by atoms with Gasteiger partial charge in [0.25, 0.3) is 0 Å². The molecule has 5 nitrogen and oxygen atoms in total. The second-order valence-electron chi connectivity index (χ2n) is 5.38. The maximum absolute atomic E-state index is 11.7. The van der Waals surface area contributed by atoms with E-state index in [9.17, 15) is 4.79 Å². The highest BCUT2D eigenvalue weighted by atomic mass is 16.5. The fourth-order valence-electron chi connectivity index (χ4n) is 2.14. The van der Waals surface area contributed by atoms with Crippen LogP contribution in [0.4, 0.5) is 10.5 Å². The Kier molecular flexibility index (Phi) is 4.99. The molecule has 2 amide bonds. The van der Waals surface area contributed by atoms with Crippen molar-refractivity contribution in [2.75, 3.05) is 12.0 Å². The number of pyridine rings is 1. The molecule has 116 valence electrons. The van der Waals surface area contributed by atoms with E-state index in [1.54, 1.807) is 19.4 Å². The SMILES string of the molecule is COc1ccc(CN(C(N)=O)c2ccc(C(C)C)cc2)cn1. The summed E-state index contributed by atoms with van der Waals surface area (Å²) in [4.78, 5) is 17.4. The first-order valence-electron chi connectivity index (χ1n) is 7.17. The second-order valence-corrected chi connectivity index (χ2v) is 5.38. The zero-order valence-electron chi connectivity index (χ0n) is 13.1. The highest BCUT2D eigenvalue weighted by Crippen LogP contribution is 2.21. The lowest BCUT2D eigenvalue weighted by Crippen LogP contribution is -2.35. The van der Waals surface area contributed by atoms with E-state index in [1.807, 2.05) is 30.3 Å². The average molecular weight is 299 g/mol. The number of methoxy groups -OCH3 is 1. The van der Waals surface area contributed by atoms with Gasteiger partial charge in [0.15, 0.2) is 0 Å². The molecule has 1 heterocycles. The predicted molar refractivity (Wildman–Crippen MR) is 87.1 cm³/mol. The van der Waals surface area contributed by atoms with Gasteiger partial charge < -0.3 is 10.5 Å². The van der Waals surface area contributed by atoms with Crippen LogP contribution in [0.15, 0.2) is 42.6 Å². The monoisotopic (exact) mass is 299 g/mol. The lowest BCUT2D eigenvalue weighted by molar-refractivity contribution is 0.253. The van der Waals surface area contributed by atoms with E-state index in [0.29, 0.717) is 18.3 Å². The normalized spacial score (nSPS) is 10.5. The third-order valence-corrected chi connectivity index (χ3v) is 3.48. The number of carbonyl (C=O) groups is 1. The molecule has 2 rings (SSSR count). The summed E-state index contributed by atoms with van der Waals surface area (Å²) in [5.41, 5.74) is 8.39. The van der Waals surface area contributed by atoms with Crippen molar-refractivity contribution in [2.45, 2.75) is 26.3 Å². The van der Waals surface area contributed by atoms with E-state index in [1.165, 1.54) is 10.5 Å². The van der Waals surface area contributed by atoms with E-state index in [-0.39, 0.29) is 0 Å². The van der Waals surface area contributed by atoms with Crippen molar-refractivity contribution in [3.05, 3.63) is 53.7 Å². The summed E-state index contributed by atoms with van der Waals surface area (Å²) in [5.74, 6) is 0.984. The van der Waals surface area contributed by atoms with E-state index < -0.39 is 6.03 Å². The number of benzene rings is 1. The van der Waals surface area contributed by atoms with Gasteiger partial charge in [-0.05, 0) is 29.2 Å². The van der Waals surface area contributed by atoms with Crippen molar-refractivity contribution in [1.29, 1.82) is 0 Å². The van der Waals surface area contributed by atoms with Gasteiger partial charge in [-0.15, -0.1) is 0 Å². The molecule has 0 bridgehead atoms. The van der Waals surface area contributed by atoms with Crippen molar-refractivity contribution < 1.29 is 9.53 Å². The predicted octanol–water partition coefficient (Wildman–Crippen LogP) is 3.30. The minimum Gasteiger partial charge on any atom is -0.481 e. The number of urea groups is 1. The molecule has 0 unspecified atom stereocenters. The van der Waals surface area contributed by atoms with Crippen LogP contribution in [0.1, 0.15) is 30.9 Å². The number of nitrogens with two attached hydrogens (primary N) is 1. The van der Waals surface area contributed by atoms with Crippen LogP contribution in [0.25, 0.3) is 0 Å². The first-order valence-corrected chi connectivity index (χ1v) is 7.17. The van der Waals surface area contributed by atoms with Crippen LogP contribution in [0.2, 0.25) is 0 Å². The molecule has 0 saturated carbocycles. The Labute approximate surface area is 130 Å². The van der Waals surface area contributed by atoms with Gasteiger partial charge in [-0.3, -0.25) is 4.90 Å². The number of primary amides is 1. The maximum Gasteiger partial charge on any atom is 0.319 e. The molecular weight excluding hydrogens is 278 g/mol. The third-order valence-electron chi connectivity index (χ3n) is 3.48. The Morgan fingerprint density at radius 1 is 1.23 bits per heavy atom. The first kappa shape index (κ1) is 15.8. The third kappa shape index (κ3) is 3.75. The Morgan fingerprint density at radius 2 is 1.91 bits per heavy atom. The largest absolute Gasteiger partial charge is 0.481 e. The Balaban J connectivity index is 2.20. The number of aromatic nitrogens is 1. The van der Waals surface area contributed by atoms with Gasteiger partial charge in [0.2, 0.25) is 5.88 Å². The van der Waals surface area contributed by atoms with Crippen molar-refractivity contribution in [3.63, 3.8) is 0 Å². The lowest BCUT2D eigenvalue weighted by Gasteiger charge is -2.21. The molecule has 1 aromatic carbocycles. The van der Waals surface area contributed by atoms with Gasteiger partial charge in [0, 0.05) is 18.0 Å². The molecule has 0 aliphatic heterocycles. The number of anilines is 1. The standard InChI is InChI=1S/C17H21N3O2/c1-12(2)14-5-7-15(8-6-14)20(17(18)21)11-13-4-9-16(22-3)19-10-13/h4-10,12H,11H2,1-3H3,(H2,18,21). The lowest BCUT2D eigenvalue weighted by atomic mass is 10.0. The second kappa shape index (κ2) is 6.93. The molecule has 0 aliphatic carbocycles. The number of rotatable bonds is 5. The number of hydrogen-bond acceptors (Lipinski definition) is 3. The van der Waals surface area contributed by atoms with E-state index in [2.05, 4.69) is 18.8 Å². The molecule has 0 radical (unpaired) electrons. The molecule has 0 atom stereocenters. The smallest absolute Gasteiger partial charge is 0.319 e. The van der Waals surface area contributed by atoms with Crippen LogP contribution < -0.4 is 15.4 Å². The molecule has 0 aliphatic rings. The fourth-order valence-corrected chi connectivity index (χ4v) is 2.14. The van der Waals surface area contributed by atoms with Crippen molar-refractivity contribution >= 4 is 11.7 Å². The van der Waals surface area contributed by atoms with Crippen LogP contribution in [-0.2, 0) is 6.54 Å². The Bertz CT molecular complexity index is 621. The van der Waals surface area contributed by atoms with Crippen LogP contribution in [0.3, 0.4) is 0 Å². The Morgan fingerprint density at radius 3 is 2.36 bits per heavy atom. The zero-order valence-corrected chi connectivity index (χ0v) is 13.1. The van der Waals surface area contributed by atoms with E-state index in [0.717, 1.165) is 11.3 Å². The molecule has 22 heavy (non-hydrogen) atoms. The van der Waals surface area contributed by atoms with Crippen LogP contribution >= 0.6 is 0 Å². The summed E-state index contributed by atoms with van der Waals surface area (Å²) in [7, 11) is 1.56. The summed E-state index contributed by atoms with van der Waals surface area (Å²) < 4.78 is 5.03. The fraction of sp³-hybridized carbons (Fsp3) is 0.294. The van der Waals surface area contributed by atoms with E-state index in [4.69, 9.17) is 10.5 Å². The zero-order chi connectivity index (χ0) is 16.1. The number of carbonyl (C=O) groups excluding carboxylic acids is 1. The quantitative estimate of drug-likeness (QED) is 0.921. The van der Waals surface area contributed by atoms with Gasteiger partial charge >= 0.3 is 6.03 Å². The molecular formula is C17H21N3O2. The van der Waals surface area contributed by atoms with Gasteiger partial charge in [0.05, 0.1) is 13.7 Å². The summed E-state index contributed by atoms with van der Waals surface area (Å²) in [6.07, 6.45) is 1.68. The van der Waals surface area contributed by atoms with Crippen molar-refractivity contribution in [1.82, 2.24) is 4.98 Å². The van der Waals surface area contributed by atoms with Crippen LogP contribution in [0, 0.1) is 0 Å². The van der Waals surface area contributed by atoms with E-state index >= 15 is 0 Å². The van der Waals surface area contributed by atoms with Gasteiger partial charge in [-0.25, -0.2) is 9.78 Å².